The van der Waals surface area contributed by atoms with E-state index < -0.39 is 0 Å². The Morgan fingerprint density at radius 1 is 1.45 bits per heavy atom. The summed E-state index contributed by atoms with van der Waals surface area (Å²) in [7, 11) is 0. The summed E-state index contributed by atoms with van der Waals surface area (Å²) in [4.78, 5) is 13.8. The van der Waals surface area contributed by atoms with Gasteiger partial charge in [-0.1, -0.05) is 0 Å². The van der Waals surface area contributed by atoms with E-state index >= 15 is 0 Å². The van der Waals surface area contributed by atoms with Gasteiger partial charge in [0.25, 0.3) is 0 Å². The third-order valence-corrected chi connectivity index (χ3v) is 1.31. The van der Waals surface area contributed by atoms with Crippen LogP contribution in [-0.2, 0) is 11.3 Å². The number of aldehydes is 1. The van der Waals surface area contributed by atoms with Crippen molar-refractivity contribution in [1.82, 2.24) is 10.3 Å². The molecule has 1 aromatic rings. The van der Waals surface area contributed by atoms with Crippen molar-refractivity contribution in [2.45, 2.75) is 6.54 Å². The summed E-state index contributed by atoms with van der Waals surface area (Å²) in [5.41, 5.74) is 1.14. The van der Waals surface area contributed by atoms with Crippen LogP contribution in [0, 0.1) is 0 Å². The summed E-state index contributed by atoms with van der Waals surface area (Å²) in [6, 6.07) is 3.83. The number of nitrogens with zero attached hydrogens (tertiary/aromatic N) is 1. The lowest BCUT2D eigenvalue weighted by Gasteiger charge is -1.98. The Balaban J connectivity index is 2.33. The molecule has 0 saturated carbocycles. The first-order valence-electron chi connectivity index (χ1n) is 3.47. The highest BCUT2D eigenvalue weighted by molar-refractivity contribution is 5.51. The Labute approximate surface area is 65.5 Å². The van der Waals surface area contributed by atoms with Crippen LogP contribution in [-0.4, -0.2) is 17.8 Å². The molecule has 0 bridgehead atoms. The largest absolute Gasteiger partial charge is 0.306 e. The van der Waals surface area contributed by atoms with Crippen molar-refractivity contribution in [2.75, 3.05) is 6.54 Å². The minimum absolute atomic E-state index is 0.405. The normalized spacial score (nSPS) is 9.45. The van der Waals surface area contributed by atoms with E-state index in [0.29, 0.717) is 6.54 Å². The third kappa shape index (κ3) is 2.91. The molecule has 0 atom stereocenters. The van der Waals surface area contributed by atoms with Crippen LogP contribution in [0.4, 0.5) is 0 Å². The average Bonchev–Trinajstić information content (AvgIpc) is 2.07. The van der Waals surface area contributed by atoms with Gasteiger partial charge in [-0.2, -0.15) is 0 Å². The van der Waals surface area contributed by atoms with Crippen molar-refractivity contribution in [3.8, 4) is 0 Å². The first kappa shape index (κ1) is 7.88. The smallest absolute Gasteiger partial charge is 0.133 e. The maximum atomic E-state index is 9.92. The highest BCUT2D eigenvalue weighted by Gasteiger charge is 1.88. The molecule has 0 fully saturated rings. The number of aromatic nitrogens is 1. The van der Waals surface area contributed by atoms with Crippen molar-refractivity contribution in [3.05, 3.63) is 30.1 Å². The van der Waals surface area contributed by atoms with E-state index in [1.165, 1.54) is 0 Å². The molecule has 0 aliphatic heterocycles. The quantitative estimate of drug-likeness (QED) is 0.498. The summed E-state index contributed by atoms with van der Waals surface area (Å²) < 4.78 is 0. The molecule has 3 nitrogen and oxygen atoms in total. The molecule has 1 aromatic heterocycles. The number of rotatable bonds is 4. The van der Waals surface area contributed by atoms with Crippen LogP contribution < -0.4 is 5.32 Å². The van der Waals surface area contributed by atoms with Gasteiger partial charge in [0.15, 0.2) is 0 Å². The van der Waals surface area contributed by atoms with Gasteiger partial charge in [0.05, 0.1) is 6.54 Å². The lowest BCUT2D eigenvalue weighted by atomic mass is 10.3. The fourth-order valence-electron chi connectivity index (χ4n) is 0.776. The van der Waals surface area contributed by atoms with E-state index in [9.17, 15) is 4.79 Å². The van der Waals surface area contributed by atoms with Crippen LogP contribution in [0.25, 0.3) is 0 Å². The Hall–Kier alpha value is -1.22. The zero-order valence-electron chi connectivity index (χ0n) is 6.16. The van der Waals surface area contributed by atoms with E-state index in [1.54, 1.807) is 12.4 Å². The fourth-order valence-corrected chi connectivity index (χ4v) is 0.776. The highest BCUT2D eigenvalue weighted by atomic mass is 16.1. The van der Waals surface area contributed by atoms with Crippen molar-refractivity contribution in [3.63, 3.8) is 0 Å². The molecule has 58 valence electrons. The molecule has 0 aliphatic carbocycles. The summed E-state index contributed by atoms with van der Waals surface area (Å²) >= 11 is 0. The van der Waals surface area contributed by atoms with Gasteiger partial charge in [-0.05, 0) is 17.7 Å². The number of pyridine rings is 1. The van der Waals surface area contributed by atoms with Crippen LogP contribution in [0.5, 0.6) is 0 Å². The number of carbonyl (C=O) groups is 1. The Morgan fingerprint density at radius 2 is 2.18 bits per heavy atom. The number of hydrogen-bond donors (Lipinski definition) is 1. The molecule has 0 aromatic carbocycles. The van der Waals surface area contributed by atoms with E-state index in [2.05, 4.69) is 10.3 Å². The number of carbonyl (C=O) groups excluding carboxylic acids is 1. The van der Waals surface area contributed by atoms with Crippen LogP contribution in [0.15, 0.2) is 24.5 Å². The SMILES string of the molecule is O=CCNCc1ccncc1. The zero-order chi connectivity index (χ0) is 7.94. The fraction of sp³-hybridized carbons (Fsp3) is 0.250. The van der Waals surface area contributed by atoms with Gasteiger partial charge in [0.1, 0.15) is 6.29 Å². The van der Waals surface area contributed by atoms with Crippen LogP contribution in [0.1, 0.15) is 5.56 Å². The third-order valence-electron chi connectivity index (χ3n) is 1.31. The minimum atomic E-state index is 0.405. The maximum absolute atomic E-state index is 9.92. The first-order valence-corrected chi connectivity index (χ1v) is 3.47. The predicted molar refractivity (Wildman–Crippen MR) is 42.0 cm³/mol. The molecule has 3 heteroatoms. The molecule has 0 aliphatic rings. The molecular formula is C8H10N2O. The molecule has 0 saturated heterocycles. The summed E-state index contributed by atoms with van der Waals surface area (Å²) in [6.07, 6.45) is 4.32. The molecule has 1 rings (SSSR count). The highest BCUT2D eigenvalue weighted by Crippen LogP contribution is 1.93. The van der Waals surface area contributed by atoms with Gasteiger partial charge in [0.2, 0.25) is 0 Å². The topological polar surface area (TPSA) is 42.0 Å². The standard InChI is InChI=1S/C8H10N2O/c11-6-5-10-7-8-1-3-9-4-2-8/h1-4,6,10H,5,7H2. The summed E-state index contributed by atoms with van der Waals surface area (Å²) in [5, 5.41) is 2.96. The molecule has 11 heavy (non-hydrogen) atoms. The monoisotopic (exact) mass is 150 g/mol. The molecular weight excluding hydrogens is 140 g/mol. The average molecular weight is 150 g/mol. The Kier molecular flexibility index (Phi) is 3.28. The lowest BCUT2D eigenvalue weighted by molar-refractivity contribution is -0.107. The molecule has 0 spiro atoms. The predicted octanol–water partition coefficient (Wildman–Crippen LogP) is 0.370. The Bertz CT molecular complexity index is 211. The van der Waals surface area contributed by atoms with Crippen LogP contribution >= 0.6 is 0 Å². The van der Waals surface area contributed by atoms with Crippen molar-refractivity contribution in [2.24, 2.45) is 0 Å². The van der Waals surface area contributed by atoms with Gasteiger partial charge < -0.3 is 10.1 Å². The lowest BCUT2D eigenvalue weighted by Crippen LogP contribution is -2.15. The minimum Gasteiger partial charge on any atom is -0.306 e. The second-order valence-electron chi connectivity index (χ2n) is 2.15. The van der Waals surface area contributed by atoms with E-state index in [4.69, 9.17) is 0 Å². The van der Waals surface area contributed by atoms with E-state index in [-0.39, 0.29) is 0 Å². The van der Waals surface area contributed by atoms with Crippen LogP contribution in [0.2, 0.25) is 0 Å². The van der Waals surface area contributed by atoms with Gasteiger partial charge in [-0.3, -0.25) is 4.98 Å². The number of nitrogens with one attached hydrogen (secondary N) is 1. The van der Waals surface area contributed by atoms with E-state index in [0.717, 1.165) is 18.4 Å². The van der Waals surface area contributed by atoms with Gasteiger partial charge >= 0.3 is 0 Å². The van der Waals surface area contributed by atoms with Gasteiger partial charge in [-0.25, -0.2) is 0 Å². The maximum Gasteiger partial charge on any atom is 0.133 e. The number of hydrogen-bond acceptors (Lipinski definition) is 3. The summed E-state index contributed by atoms with van der Waals surface area (Å²) in [6.45, 7) is 1.13. The van der Waals surface area contributed by atoms with Crippen LogP contribution in [0.3, 0.4) is 0 Å². The first-order chi connectivity index (χ1) is 5.43. The molecule has 1 heterocycles. The van der Waals surface area contributed by atoms with Crippen molar-refractivity contribution < 1.29 is 4.79 Å². The van der Waals surface area contributed by atoms with Gasteiger partial charge in [-0.15, -0.1) is 0 Å². The Morgan fingerprint density at radius 3 is 2.82 bits per heavy atom. The molecule has 0 unspecified atom stereocenters. The molecule has 0 amide bonds. The van der Waals surface area contributed by atoms with Crippen molar-refractivity contribution in [1.29, 1.82) is 0 Å². The molecule has 0 radical (unpaired) electrons. The van der Waals surface area contributed by atoms with Gasteiger partial charge in [0, 0.05) is 18.9 Å². The van der Waals surface area contributed by atoms with E-state index in [1.807, 2.05) is 12.1 Å². The summed E-state index contributed by atoms with van der Waals surface area (Å²) in [5.74, 6) is 0. The molecule has 1 N–H and O–H groups in total. The zero-order valence-corrected chi connectivity index (χ0v) is 6.16. The van der Waals surface area contributed by atoms with Crippen molar-refractivity contribution >= 4 is 6.29 Å². The second-order valence-corrected chi connectivity index (χ2v) is 2.15. The second kappa shape index (κ2) is 4.57.